The van der Waals surface area contributed by atoms with Crippen LogP contribution in [0.1, 0.15) is 49.5 Å². The van der Waals surface area contributed by atoms with Gasteiger partial charge in [0.2, 0.25) is 5.91 Å². The molecule has 1 aromatic carbocycles. The number of hydrogen-bond donors (Lipinski definition) is 3. The number of nitrogens with one attached hydrogen (secondary N) is 1. The first-order valence-corrected chi connectivity index (χ1v) is 10.6. The number of ether oxygens (including phenoxy) is 1. The van der Waals surface area contributed by atoms with Crippen molar-refractivity contribution < 1.29 is 24.2 Å². The van der Waals surface area contributed by atoms with Crippen LogP contribution in [0.3, 0.4) is 0 Å². The maximum atomic E-state index is 12.7. The Bertz CT molecular complexity index is 868. The minimum absolute atomic E-state index is 0.0344. The number of rotatable bonds is 6. The second kappa shape index (κ2) is 8.70. The number of phenols is 1. The molecule has 0 unspecified atom stereocenters. The predicted molar refractivity (Wildman–Crippen MR) is 111 cm³/mol. The van der Waals surface area contributed by atoms with Crippen LogP contribution in [-0.4, -0.2) is 46.8 Å². The number of phenolic OH excluding ortho intramolecular Hbond substituents is 1. The highest BCUT2D eigenvalue weighted by atomic mass is 16.5. The lowest BCUT2D eigenvalue weighted by Crippen LogP contribution is -2.56. The molecule has 1 amide bonds. The summed E-state index contributed by atoms with van der Waals surface area (Å²) in [7, 11) is 1.52. The number of aliphatic hydroxyl groups is 1. The number of nitrogens with zero attached hydrogens (tertiary/aromatic N) is 1. The van der Waals surface area contributed by atoms with E-state index in [2.05, 4.69) is 10.2 Å². The number of carbonyl (C=O) groups excluding carboxylic acids is 1. The minimum Gasteiger partial charge on any atom is -0.504 e. The highest BCUT2D eigenvalue weighted by Crippen LogP contribution is 2.49. The lowest BCUT2D eigenvalue weighted by atomic mass is 9.66. The van der Waals surface area contributed by atoms with Gasteiger partial charge < -0.3 is 24.7 Å². The summed E-state index contributed by atoms with van der Waals surface area (Å²) in [5.74, 6) is 1.15. The molecule has 30 heavy (non-hydrogen) atoms. The summed E-state index contributed by atoms with van der Waals surface area (Å²) in [5.41, 5.74) is 0.239. The molecule has 4 rings (SSSR count). The van der Waals surface area contributed by atoms with Crippen LogP contribution in [0, 0.1) is 5.92 Å². The van der Waals surface area contributed by atoms with E-state index >= 15 is 0 Å². The topological polar surface area (TPSA) is 95.2 Å². The summed E-state index contributed by atoms with van der Waals surface area (Å²) >= 11 is 0. The fraction of sp³-hybridized carbons (Fsp3) is 0.522. The predicted octanol–water partition coefficient (Wildman–Crippen LogP) is 2.98. The van der Waals surface area contributed by atoms with E-state index in [0.717, 1.165) is 31.2 Å². The van der Waals surface area contributed by atoms with Crippen molar-refractivity contribution in [2.24, 2.45) is 5.92 Å². The van der Waals surface area contributed by atoms with Crippen molar-refractivity contribution in [2.75, 3.05) is 20.2 Å². The average molecular weight is 415 g/mol. The summed E-state index contributed by atoms with van der Waals surface area (Å²) < 4.78 is 10.6. The second-order valence-electron chi connectivity index (χ2n) is 8.41. The number of piperidine rings is 1. The van der Waals surface area contributed by atoms with Crippen LogP contribution in [0.15, 0.2) is 41.0 Å². The van der Waals surface area contributed by atoms with Crippen molar-refractivity contribution in [3.8, 4) is 11.5 Å². The van der Waals surface area contributed by atoms with Gasteiger partial charge in [-0.15, -0.1) is 0 Å². The monoisotopic (exact) mass is 414 g/mol. The van der Waals surface area contributed by atoms with Crippen LogP contribution < -0.4 is 10.1 Å². The first-order chi connectivity index (χ1) is 14.5. The standard InChI is InChI=1S/C23H30N2O5/c1-29-20-13-16(7-8-19(20)26)22-18-6-2-3-9-23(18,28)10-11-25(22)15-21(27)24-14-17-5-4-12-30-17/h4-5,7-8,12-13,18,22,26,28H,2-3,6,9-11,14-15H2,1H3,(H,24,27)/t18-,22+,23-/m1/s1. The number of aromatic hydroxyl groups is 1. The lowest BCUT2D eigenvalue weighted by molar-refractivity contribution is -0.138. The zero-order valence-corrected chi connectivity index (χ0v) is 17.3. The van der Waals surface area contributed by atoms with E-state index in [1.54, 1.807) is 18.4 Å². The van der Waals surface area contributed by atoms with Crippen molar-refractivity contribution in [3.63, 3.8) is 0 Å². The Balaban J connectivity index is 1.57. The number of benzene rings is 1. The van der Waals surface area contributed by atoms with E-state index in [4.69, 9.17) is 9.15 Å². The van der Waals surface area contributed by atoms with Crippen LogP contribution in [0.25, 0.3) is 0 Å². The Labute approximate surface area is 176 Å². The van der Waals surface area contributed by atoms with Crippen LogP contribution in [0.4, 0.5) is 0 Å². The van der Waals surface area contributed by atoms with E-state index in [-0.39, 0.29) is 30.2 Å². The van der Waals surface area contributed by atoms with E-state index in [0.29, 0.717) is 31.0 Å². The number of hydrogen-bond acceptors (Lipinski definition) is 6. The molecule has 0 spiro atoms. The second-order valence-corrected chi connectivity index (χ2v) is 8.41. The van der Waals surface area contributed by atoms with Crippen molar-refractivity contribution in [1.29, 1.82) is 0 Å². The molecular formula is C23H30N2O5. The van der Waals surface area contributed by atoms with E-state index in [1.165, 1.54) is 7.11 Å². The van der Waals surface area contributed by atoms with Gasteiger partial charge in [-0.25, -0.2) is 0 Å². The quantitative estimate of drug-likeness (QED) is 0.673. The fourth-order valence-electron chi connectivity index (χ4n) is 5.08. The van der Waals surface area contributed by atoms with Gasteiger partial charge in [0, 0.05) is 18.5 Å². The van der Waals surface area contributed by atoms with Crippen molar-refractivity contribution >= 4 is 5.91 Å². The first-order valence-electron chi connectivity index (χ1n) is 10.6. The highest BCUT2D eigenvalue weighted by Gasteiger charge is 2.49. The molecule has 7 nitrogen and oxygen atoms in total. The summed E-state index contributed by atoms with van der Waals surface area (Å²) in [6.45, 7) is 1.22. The maximum Gasteiger partial charge on any atom is 0.234 e. The molecule has 1 aliphatic heterocycles. The molecular weight excluding hydrogens is 384 g/mol. The van der Waals surface area contributed by atoms with Gasteiger partial charge in [-0.1, -0.05) is 18.9 Å². The third-order valence-corrected chi connectivity index (χ3v) is 6.60. The Kier molecular flexibility index (Phi) is 6.01. The Morgan fingerprint density at radius 1 is 1.33 bits per heavy atom. The molecule has 2 fully saturated rings. The zero-order valence-electron chi connectivity index (χ0n) is 17.3. The number of amides is 1. The Morgan fingerprint density at radius 2 is 2.20 bits per heavy atom. The van der Waals surface area contributed by atoms with Crippen molar-refractivity contribution in [1.82, 2.24) is 10.2 Å². The van der Waals surface area contributed by atoms with Gasteiger partial charge in [0.1, 0.15) is 5.76 Å². The molecule has 1 aliphatic carbocycles. The summed E-state index contributed by atoms with van der Waals surface area (Å²) in [5, 5.41) is 24.3. The number of methoxy groups -OCH3 is 1. The normalized spacial score (nSPS) is 26.7. The van der Waals surface area contributed by atoms with E-state index in [9.17, 15) is 15.0 Å². The van der Waals surface area contributed by atoms with E-state index in [1.807, 2.05) is 18.2 Å². The van der Waals surface area contributed by atoms with Crippen LogP contribution in [-0.2, 0) is 11.3 Å². The molecule has 3 N–H and O–H groups in total. The largest absolute Gasteiger partial charge is 0.504 e. The third kappa shape index (κ3) is 4.18. The van der Waals surface area contributed by atoms with Crippen LogP contribution in [0.5, 0.6) is 11.5 Å². The van der Waals surface area contributed by atoms with Gasteiger partial charge >= 0.3 is 0 Å². The molecule has 0 radical (unpaired) electrons. The van der Waals surface area contributed by atoms with Gasteiger partial charge in [-0.05, 0) is 49.1 Å². The highest BCUT2D eigenvalue weighted by molar-refractivity contribution is 5.78. The third-order valence-electron chi connectivity index (χ3n) is 6.60. The Hall–Kier alpha value is -2.51. The van der Waals surface area contributed by atoms with Gasteiger partial charge in [-0.2, -0.15) is 0 Å². The number of fused-ring (bicyclic) bond motifs is 1. The van der Waals surface area contributed by atoms with Crippen molar-refractivity contribution in [3.05, 3.63) is 47.9 Å². The summed E-state index contributed by atoms with van der Waals surface area (Å²) in [6, 6.07) is 8.83. The van der Waals surface area contributed by atoms with Gasteiger partial charge in [0.05, 0.1) is 32.1 Å². The minimum atomic E-state index is -0.713. The smallest absolute Gasteiger partial charge is 0.234 e. The fourth-order valence-corrected chi connectivity index (χ4v) is 5.08. The summed E-state index contributed by atoms with van der Waals surface area (Å²) in [6.07, 6.45) is 6.05. The van der Waals surface area contributed by atoms with Crippen LogP contribution in [0.2, 0.25) is 0 Å². The molecule has 0 bridgehead atoms. The zero-order chi connectivity index (χ0) is 21.1. The average Bonchev–Trinajstić information content (AvgIpc) is 3.26. The van der Waals surface area contributed by atoms with Gasteiger partial charge in [0.15, 0.2) is 11.5 Å². The SMILES string of the molecule is COc1cc([C@H]2[C@H]3CCCC[C@@]3(O)CCN2CC(=O)NCc2ccco2)ccc1O. The maximum absolute atomic E-state index is 12.7. The Morgan fingerprint density at radius 3 is 2.97 bits per heavy atom. The number of furan rings is 1. The molecule has 7 heteroatoms. The number of likely N-dealkylation sites (tertiary alicyclic amines) is 1. The molecule has 2 aromatic rings. The first kappa shape index (κ1) is 20.8. The van der Waals surface area contributed by atoms with Crippen molar-refractivity contribution in [2.45, 2.75) is 50.3 Å². The number of carbonyl (C=O) groups is 1. The van der Waals surface area contributed by atoms with Gasteiger partial charge in [-0.3, -0.25) is 9.69 Å². The van der Waals surface area contributed by atoms with Gasteiger partial charge in [0.25, 0.3) is 0 Å². The molecule has 1 saturated heterocycles. The molecule has 2 heterocycles. The summed E-state index contributed by atoms with van der Waals surface area (Å²) in [4.78, 5) is 14.8. The molecule has 162 valence electrons. The molecule has 1 aromatic heterocycles. The van der Waals surface area contributed by atoms with Crippen LogP contribution >= 0.6 is 0 Å². The molecule has 2 aliphatic rings. The molecule has 1 saturated carbocycles. The van der Waals surface area contributed by atoms with E-state index < -0.39 is 5.60 Å². The molecule has 3 atom stereocenters. The lowest BCUT2D eigenvalue weighted by Gasteiger charge is -2.52.